The Labute approximate surface area is 134 Å². The number of carbonyl (C=O) groups is 2. The lowest BCUT2D eigenvalue weighted by Gasteiger charge is -2.14. The number of hydrogen-bond acceptors (Lipinski definition) is 5. The third kappa shape index (κ3) is 4.18. The van der Waals surface area contributed by atoms with Gasteiger partial charge in [-0.15, -0.1) is 0 Å². The van der Waals surface area contributed by atoms with Gasteiger partial charge in [-0.25, -0.2) is 9.78 Å². The van der Waals surface area contributed by atoms with Gasteiger partial charge in [-0.1, -0.05) is 18.2 Å². The molecular formula is C17H20N2O4. The number of nitrogens with one attached hydrogen (secondary N) is 1. The number of esters is 1. The molecule has 0 aliphatic carbocycles. The van der Waals surface area contributed by atoms with Gasteiger partial charge in [-0.3, -0.25) is 4.79 Å². The second-order valence-corrected chi connectivity index (χ2v) is 5.50. The summed E-state index contributed by atoms with van der Waals surface area (Å²) in [7, 11) is 0. The monoisotopic (exact) mass is 316 g/mol. The Balaban J connectivity index is 2.11. The maximum Gasteiger partial charge on any atom is 0.361 e. The van der Waals surface area contributed by atoms with E-state index >= 15 is 0 Å². The van der Waals surface area contributed by atoms with Crippen LogP contribution in [-0.2, 0) is 9.53 Å². The normalized spacial score (nSPS) is 12.0. The predicted octanol–water partition coefficient (Wildman–Crippen LogP) is 2.72. The van der Waals surface area contributed by atoms with E-state index in [1.54, 1.807) is 6.92 Å². The molecule has 1 N–H and O–H groups in total. The minimum Gasteiger partial charge on any atom is -0.448 e. The van der Waals surface area contributed by atoms with Crippen LogP contribution in [0.1, 0.15) is 37.0 Å². The fourth-order valence-corrected chi connectivity index (χ4v) is 1.96. The maximum absolute atomic E-state index is 12.2. The van der Waals surface area contributed by atoms with Crippen LogP contribution in [0.2, 0.25) is 0 Å². The zero-order valence-electron chi connectivity index (χ0n) is 13.6. The molecule has 0 aliphatic heterocycles. The highest BCUT2D eigenvalue weighted by Crippen LogP contribution is 2.22. The van der Waals surface area contributed by atoms with Crippen molar-refractivity contribution in [3.05, 3.63) is 41.8 Å². The zero-order chi connectivity index (χ0) is 17.0. The second kappa shape index (κ2) is 7.09. The van der Waals surface area contributed by atoms with Crippen LogP contribution in [0.4, 0.5) is 0 Å². The third-order valence-corrected chi connectivity index (χ3v) is 3.09. The molecule has 6 nitrogen and oxygen atoms in total. The number of hydrogen-bond donors (Lipinski definition) is 1. The molecule has 0 saturated carbocycles. The summed E-state index contributed by atoms with van der Waals surface area (Å²) in [4.78, 5) is 28.2. The molecule has 1 amide bonds. The molecule has 1 atom stereocenters. The van der Waals surface area contributed by atoms with E-state index in [1.165, 1.54) is 6.92 Å². The number of aryl methyl sites for hydroxylation is 1. The molecule has 1 aromatic carbocycles. The summed E-state index contributed by atoms with van der Waals surface area (Å²) in [6.07, 6.45) is -0.902. The summed E-state index contributed by atoms with van der Waals surface area (Å²) in [5.74, 6) is -0.336. The summed E-state index contributed by atoms with van der Waals surface area (Å²) in [6.45, 7) is 6.82. The highest BCUT2D eigenvalue weighted by molar-refractivity contribution is 5.91. The lowest BCUT2D eigenvalue weighted by atomic mass is 10.2. The average molecular weight is 316 g/mol. The van der Waals surface area contributed by atoms with Crippen LogP contribution in [0.25, 0.3) is 11.5 Å². The molecule has 0 radical (unpaired) electrons. The molecule has 0 aliphatic rings. The first-order valence-electron chi connectivity index (χ1n) is 7.42. The van der Waals surface area contributed by atoms with Crippen LogP contribution in [0.3, 0.4) is 0 Å². The molecule has 0 fully saturated rings. The van der Waals surface area contributed by atoms with Gasteiger partial charge in [0.15, 0.2) is 11.8 Å². The fraction of sp³-hybridized carbons (Fsp3) is 0.353. The van der Waals surface area contributed by atoms with E-state index in [0.717, 1.165) is 5.56 Å². The van der Waals surface area contributed by atoms with Crippen LogP contribution in [-0.4, -0.2) is 29.0 Å². The summed E-state index contributed by atoms with van der Waals surface area (Å²) in [5.41, 5.74) is 0.841. The van der Waals surface area contributed by atoms with Crippen molar-refractivity contribution in [3.63, 3.8) is 0 Å². The van der Waals surface area contributed by atoms with Crippen LogP contribution >= 0.6 is 0 Å². The Hall–Kier alpha value is -2.63. The number of rotatable bonds is 5. The summed E-state index contributed by atoms with van der Waals surface area (Å²) >= 11 is 0. The van der Waals surface area contributed by atoms with E-state index < -0.39 is 12.1 Å². The minimum atomic E-state index is -0.902. The lowest BCUT2D eigenvalue weighted by molar-refractivity contribution is -0.129. The van der Waals surface area contributed by atoms with E-state index in [-0.39, 0.29) is 17.6 Å². The Morgan fingerprint density at radius 2 is 1.83 bits per heavy atom. The van der Waals surface area contributed by atoms with Crippen molar-refractivity contribution in [1.29, 1.82) is 0 Å². The summed E-state index contributed by atoms with van der Waals surface area (Å²) < 4.78 is 10.7. The van der Waals surface area contributed by atoms with Gasteiger partial charge in [0.1, 0.15) is 5.76 Å². The van der Waals surface area contributed by atoms with Crippen molar-refractivity contribution in [2.75, 3.05) is 0 Å². The molecule has 0 spiro atoms. The van der Waals surface area contributed by atoms with Gasteiger partial charge in [-0.2, -0.15) is 0 Å². The standard InChI is InChI=1S/C17H20N2O4/c1-10(2)18-15(20)12(4)23-17(21)14-11(3)22-16(19-14)13-8-6-5-7-9-13/h5-10,12H,1-4H3,(H,18,20)/t12-/m0/s1. The number of nitrogens with zero attached hydrogens (tertiary/aromatic N) is 1. The van der Waals surface area contributed by atoms with Crippen LogP contribution in [0, 0.1) is 6.92 Å². The first-order valence-corrected chi connectivity index (χ1v) is 7.42. The molecule has 1 heterocycles. The van der Waals surface area contributed by atoms with Crippen molar-refractivity contribution in [1.82, 2.24) is 10.3 Å². The first kappa shape index (κ1) is 16.7. The largest absolute Gasteiger partial charge is 0.448 e. The van der Waals surface area contributed by atoms with Crippen molar-refractivity contribution >= 4 is 11.9 Å². The second-order valence-electron chi connectivity index (χ2n) is 5.50. The lowest BCUT2D eigenvalue weighted by Crippen LogP contribution is -2.39. The quantitative estimate of drug-likeness (QED) is 0.858. The Morgan fingerprint density at radius 1 is 1.17 bits per heavy atom. The zero-order valence-corrected chi connectivity index (χ0v) is 13.6. The number of amides is 1. The molecule has 23 heavy (non-hydrogen) atoms. The van der Waals surface area contributed by atoms with E-state index in [4.69, 9.17) is 9.15 Å². The number of aromatic nitrogens is 1. The first-order chi connectivity index (χ1) is 10.9. The van der Waals surface area contributed by atoms with Crippen LogP contribution < -0.4 is 5.32 Å². The van der Waals surface area contributed by atoms with E-state index in [9.17, 15) is 9.59 Å². The number of carbonyl (C=O) groups excluding carboxylic acids is 2. The number of ether oxygens (including phenoxy) is 1. The van der Waals surface area contributed by atoms with Crippen molar-refractivity contribution in [3.8, 4) is 11.5 Å². The molecule has 0 saturated heterocycles. The van der Waals surface area contributed by atoms with Gasteiger partial charge >= 0.3 is 5.97 Å². The van der Waals surface area contributed by atoms with Crippen LogP contribution in [0.5, 0.6) is 0 Å². The summed E-state index contributed by atoms with van der Waals surface area (Å²) in [5, 5.41) is 2.69. The van der Waals surface area contributed by atoms with Crippen molar-refractivity contribution in [2.45, 2.75) is 39.8 Å². The summed E-state index contributed by atoms with van der Waals surface area (Å²) in [6, 6.07) is 9.22. The average Bonchev–Trinajstić information content (AvgIpc) is 2.89. The highest BCUT2D eigenvalue weighted by Gasteiger charge is 2.24. The van der Waals surface area contributed by atoms with Gasteiger partial charge in [-0.05, 0) is 39.8 Å². The molecule has 6 heteroatoms. The number of benzene rings is 1. The Kier molecular flexibility index (Phi) is 5.16. The SMILES string of the molecule is Cc1oc(-c2ccccc2)nc1C(=O)O[C@@H](C)C(=O)NC(C)C. The molecular weight excluding hydrogens is 296 g/mol. The van der Waals surface area contributed by atoms with E-state index in [2.05, 4.69) is 10.3 Å². The molecule has 0 bridgehead atoms. The van der Waals surface area contributed by atoms with Gasteiger partial charge in [0, 0.05) is 11.6 Å². The fourth-order valence-electron chi connectivity index (χ4n) is 1.96. The Bertz CT molecular complexity index is 692. The molecule has 2 aromatic rings. The van der Waals surface area contributed by atoms with Crippen molar-refractivity contribution < 1.29 is 18.7 Å². The van der Waals surface area contributed by atoms with E-state index in [1.807, 2.05) is 44.2 Å². The molecule has 1 aromatic heterocycles. The highest BCUT2D eigenvalue weighted by atomic mass is 16.5. The minimum absolute atomic E-state index is 0.0258. The van der Waals surface area contributed by atoms with Gasteiger partial charge in [0.2, 0.25) is 5.89 Å². The van der Waals surface area contributed by atoms with Gasteiger partial charge in [0.25, 0.3) is 5.91 Å². The topological polar surface area (TPSA) is 81.4 Å². The molecule has 0 unspecified atom stereocenters. The predicted molar refractivity (Wildman–Crippen MR) is 84.8 cm³/mol. The molecule has 2 rings (SSSR count). The Morgan fingerprint density at radius 3 is 2.43 bits per heavy atom. The van der Waals surface area contributed by atoms with Gasteiger partial charge < -0.3 is 14.5 Å². The van der Waals surface area contributed by atoms with Crippen molar-refractivity contribution in [2.24, 2.45) is 0 Å². The smallest absolute Gasteiger partial charge is 0.361 e. The number of oxazole rings is 1. The van der Waals surface area contributed by atoms with Gasteiger partial charge in [0.05, 0.1) is 0 Å². The maximum atomic E-state index is 12.2. The van der Waals surface area contributed by atoms with Crippen LogP contribution in [0.15, 0.2) is 34.7 Å². The molecule has 122 valence electrons. The van der Waals surface area contributed by atoms with E-state index in [0.29, 0.717) is 11.7 Å². The third-order valence-electron chi connectivity index (χ3n) is 3.09.